The van der Waals surface area contributed by atoms with Gasteiger partial charge in [-0.25, -0.2) is 0 Å². The molecular weight excluding hydrogens is 383 g/mol. The minimum absolute atomic E-state index is 0.130. The van der Waals surface area contributed by atoms with Crippen LogP contribution in [0.5, 0.6) is 5.75 Å². The van der Waals surface area contributed by atoms with Gasteiger partial charge in [-0.2, -0.15) is 13.2 Å². The third kappa shape index (κ3) is 9.00. The van der Waals surface area contributed by atoms with Gasteiger partial charge in [0, 0.05) is 6.54 Å². The van der Waals surface area contributed by atoms with Crippen LogP contribution in [0.4, 0.5) is 13.2 Å². The molecule has 0 amide bonds. The molecule has 29 heavy (non-hydrogen) atoms. The van der Waals surface area contributed by atoms with Gasteiger partial charge in [0.25, 0.3) is 0 Å². The molecule has 0 aromatic heterocycles. The molecule has 0 atom stereocenters. The van der Waals surface area contributed by atoms with E-state index in [-0.39, 0.29) is 6.42 Å². The number of halogens is 3. The number of ether oxygens (including phenoxy) is 1. The Bertz CT molecular complexity index is 743. The predicted molar refractivity (Wildman–Crippen MR) is 105 cm³/mol. The largest absolute Gasteiger partial charge is 0.494 e. The molecule has 4 nitrogen and oxygen atoms in total. The van der Waals surface area contributed by atoms with Gasteiger partial charge >= 0.3 is 12.1 Å². The van der Waals surface area contributed by atoms with Crippen molar-refractivity contribution in [3.05, 3.63) is 65.2 Å². The van der Waals surface area contributed by atoms with Crippen LogP contribution in [0.1, 0.15) is 36.0 Å². The van der Waals surface area contributed by atoms with Crippen LogP contribution in [-0.4, -0.2) is 30.8 Å². The molecule has 158 valence electrons. The summed E-state index contributed by atoms with van der Waals surface area (Å²) in [5, 5.41) is 11.7. The number of carboxylic acids is 1. The summed E-state index contributed by atoms with van der Waals surface area (Å²) in [6, 6.07) is 13.1. The van der Waals surface area contributed by atoms with E-state index in [1.54, 1.807) is 0 Å². The number of carbonyl (C=O) groups is 1. The molecule has 0 radical (unpaired) electrons. The monoisotopic (exact) mass is 409 g/mol. The number of benzene rings is 2. The van der Waals surface area contributed by atoms with Crippen molar-refractivity contribution in [1.82, 2.24) is 5.32 Å². The van der Waals surface area contributed by atoms with Crippen LogP contribution in [0.3, 0.4) is 0 Å². The molecule has 0 fully saturated rings. The van der Waals surface area contributed by atoms with Crippen LogP contribution < -0.4 is 10.1 Å². The maximum Gasteiger partial charge on any atom is 0.416 e. The predicted octanol–water partition coefficient (Wildman–Crippen LogP) is 4.71. The second-order valence-corrected chi connectivity index (χ2v) is 6.79. The lowest BCUT2D eigenvalue weighted by Crippen LogP contribution is -2.19. The molecule has 0 aliphatic heterocycles. The maximum absolute atomic E-state index is 12.5. The van der Waals surface area contributed by atoms with E-state index < -0.39 is 17.7 Å². The summed E-state index contributed by atoms with van der Waals surface area (Å²) >= 11 is 0. The summed E-state index contributed by atoms with van der Waals surface area (Å²) in [6.07, 6.45) is -0.975. The third-order valence-corrected chi connectivity index (χ3v) is 4.42. The number of hydrogen-bond acceptors (Lipinski definition) is 3. The molecule has 0 spiro atoms. The van der Waals surface area contributed by atoms with E-state index in [2.05, 4.69) is 5.32 Å². The normalized spacial score (nSPS) is 11.4. The van der Waals surface area contributed by atoms with E-state index in [1.807, 2.05) is 24.3 Å². The quantitative estimate of drug-likeness (QED) is 0.499. The smallest absolute Gasteiger partial charge is 0.416 e. The van der Waals surface area contributed by atoms with Crippen LogP contribution in [0, 0.1) is 0 Å². The molecule has 0 aliphatic carbocycles. The van der Waals surface area contributed by atoms with E-state index in [4.69, 9.17) is 9.84 Å². The Morgan fingerprint density at radius 3 is 2.07 bits per heavy atom. The molecule has 2 aromatic rings. The number of nitrogens with one attached hydrogen (secondary N) is 1. The Balaban J connectivity index is 1.61. The zero-order chi connectivity index (χ0) is 21.1. The molecule has 0 heterocycles. The van der Waals surface area contributed by atoms with Crippen molar-refractivity contribution in [2.24, 2.45) is 0 Å². The van der Waals surface area contributed by atoms with Crippen molar-refractivity contribution < 1.29 is 27.8 Å². The van der Waals surface area contributed by atoms with Gasteiger partial charge in [0.05, 0.1) is 18.6 Å². The van der Waals surface area contributed by atoms with Crippen molar-refractivity contribution in [3.63, 3.8) is 0 Å². The van der Waals surface area contributed by atoms with E-state index in [0.717, 1.165) is 49.3 Å². The molecule has 0 bridgehead atoms. The molecule has 2 N–H and O–H groups in total. The first-order chi connectivity index (χ1) is 13.8. The second-order valence-electron chi connectivity index (χ2n) is 6.79. The lowest BCUT2D eigenvalue weighted by molar-refractivity contribution is -0.138. The molecule has 0 saturated heterocycles. The number of carboxylic acid groups (broad SMARTS) is 1. The van der Waals surface area contributed by atoms with Crippen LogP contribution in [-0.2, 0) is 23.8 Å². The zero-order valence-electron chi connectivity index (χ0n) is 16.2. The van der Waals surface area contributed by atoms with Gasteiger partial charge in [0.1, 0.15) is 5.75 Å². The molecule has 2 rings (SSSR count). The Kier molecular flexibility index (Phi) is 8.99. The Morgan fingerprint density at radius 2 is 1.48 bits per heavy atom. The first-order valence-electron chi connectivity index (χ1n) is 9.65. The highest BCUT2D eigenvalue weighted by Gasteiger charge is 2.29. The summed E-state index contributed by atoms with van der Waals surface area (Å²) in [6.45, 7) is 1.75. The first kappa shape index (κ1) is 22.7. The summed E-state index contributed by atoms with van der Waals surface area (Å²) < 4.78 is 43.3. The highest BCUT2D eigenvalue weighted by molar-refractivity contribution is 5.66. The van der Waals surface area contributed by atoms with E-state index >= 15 is 0 Å². The minimum atomic E-state index is -4.30. The highest BCUT2D eigenvalue weighted by Crippen LogP contribution is 2.29. The molecule has 0 aliphatic rings. The molecule has 2 aromatic carbocycles. The standard InChI is InChI=1S/C22H26F3NO3/c23-22(24,25)19-9-5-18(6-10-19)4-2-16-29-20-11-7-17(8-12-20)3-1-14-26-15-13-21(27)28/h5-12,26H,1-4,13-16H2,(H,27,28). The van der Waals surface area contributed by atoms with Crippen molar-refractivity contribution >= 4 is 5.97 Å². The Hall–Kier alpha value is -2.54. The molecule has 0 unspecified atom stereocenters. The van der Waals surface area contributed by atoms with Crippen LogP contribution in [0.25, 0.3) is 0 Å². The molecule has 7 heteroatoms. The summed E-state index contributed by atoms with van der Waals surface area (Å²) in [5.41, 5.74) is 1.41. The lowest BCUT2D eigenvalue weighted by Gasteiger charge is -2.09. The minimum Gasteiger partial charge on any atom is -0.494 e. The Labute approximate surface area is 168 Å². The van der Waals surface area contributed by atoms with Crippen molar-refractivity contribution in [3.8, 4) is 5.75 Å². The number of aryl methyl sites for hydroxylation is 2. The molecule has 0 saturated carbocycles. The number of alkyl halides is 3. The number of aliphatic carboxylic acids is 1. The number of rotatable bonds is 12. The summed E-state index contributed by atoms with van der Waals surface area (Å²) in [7, 11) is 0. The van der Waals surface area contributed by atoms with Crippen LogP contribution in [0.15, 0.2) is 48.5 Å². The second kappa shape index (κ2) is 11.5. The van der Waals surface area contributed by atoms with E-state index in [9.17, 15) is 18.0 Å². The SMILES string of the molecule is O=C(O)CCNCCCc1ccc(OCCCc2ccc(C(F)(F)F)cc2)cc1. The van der Waals surface area contributed by atoms with Crippen molar-refractivity contribution in [1.29, 1.82) is 0 Å². The van der Waals surface area contributed by atoms with Crippen LogP contribution >= 0.6 is 0 Å². The first-order valence-corrected chi connectivity index (χ1v) is 9.65. The van der Waals surface area contributed by atoms with Crippen LogP contribution in [0.2, 0.25) is 0 Å². The van der Waals surface area contributed by atoms with Gasteiger partial charge in [-0.1, -0.05) is 24.3 Å². The Morgan fingerprint density at radius 1 is 0.897 bits per heavy atom. The summed E-state index contributed by atoms with van der Waals surface area (Å²) in [5.74, 6) is -0.0341. The van der Waals surface area contributed by atoms with Crippen molar-refractivity contribution in [2.45, 2.75) is 38.3 Å². The average Bonchev–Trinajstić information content (AvgIpc) is 2.68. The zero-order valence-corrected chi connectivity index (χ0v) is 16.2. The van der Waals surface area contributed by atoms with Gasteiger partial charge in [0.2, 0.25) is 0 Å². The topological polar surface area (TPSA) is 58.6 Å². The highest BCUT2D eigenvalue weighted by atomic mass is 19.4. The third-order valence-electron chi connectivity index (χ3n) is 4.42. The fraction of sp³-hybridized carbons (Fsp3) is 0.409. The maximum atomic E-state index is 12.5. The van der Waals surface area contributed by atoms with Gasteiger partial charge in [0.15, 0.2) is 0 Å². The van der Waals surface area contributed by atoms with Crippen molar-refractivity contribution in [2.75, 3.05) is 19.7 Å². The summed E-state index contributed by atoms with van der Waals surface area (Å²) in [4.78, 5) is 10.4. The van der Waals surface area contributed by atoms with Gasteiger partial charge < -0.3 is 15.2 Å². The van der Waals surface area contributed by atoms with Gasteiger partial charge in [-0.3, -0.25) is 4.79 Å². The van der Waals surface area contributed by atoms with E-state index in [0.29, 0.717) is 19.6 Å². The van der Waals surface area contributed by atoms with Gasteiger partial charge in [-0.05, 0) is 67.6 Å². The lowest BCUT2D eigenvalue weighted by atomic mass is 10.1. The van der Waals surface area contributed by atoms with Gasteiger partial charge in [-0.15, -0.1) is 0 Å². The van der Waals surface area contributed by atoms with E-state index in [1.165, 1.54) is 17.7 Å². The number of hydrogen-bond donors (Lipinski definition) is 2. The average molecular weight is 409 g/mol. The molecular formula is C22H26F3NO3. The fourth-order valence-corrected chi connectivity index (χ4v) is 2.82. The fourth-order valence-electron chi connectivity index (χ4n) is 2.82.